The highest BCUT2D eigenvalue weighted by Gasteiger charge is 2.19. The van der Waals surface area contributed by atoms with E-state index in [2.05, 4.69) is 57.4 Å². The molecule has 0 amide bonds. The van der Waals surface area contributed by atoms with E-state index in [-0.39, 0.29) is 6.61 Å². The predicted molar refractivity (Wildman–Crippen MR) is 92.8 cm³/mol. The van der Waals surface area contributed by atoms with Crippen molar-refractivity contribution in [2.75, 3.05) is 6.61 Å². The SMILES string of the molecule is CCn1c(CCO)nc(C(C)C)c1Sc1cc(C)cc(C)c1. The van der Waals surface area contributed by atoms with Crippen molar-refractivity contribution < 1.29 is 5.11 Å². The molecule has 4 heteroatoms. The molecule has 0 saturated heterocycles. The molecule has 0 aliphatic heterocycles. The second-order valence-corrected chi connectivity index (χ2v) is 7.08. The molecule has 0 saturated carbocycles. The molecular weight excluding hydrogens is 292 g/mol. The quantitative estimate of drug-likeness (QED) is 0.861. The molecular formula is C18H26N2OS. The van der Waals surface area contributed by atoms with Gasteiger partial charge in [0.2, 0.25) is 0 Å². The third kappa shape index (κ3) is 3.73. The number of aliphatic hydroxyl groups excluding tert-OH is 1. The molecule has 120 valence electrons. The first-order chi connectivity index (χ1) is 10.5. The topological polar surface area (TPSA) is 38.0 Å². The zero-order valence-corrected chi connectivity index (χ0v) is 15.0. The van der Waals surface area contributed by atoms with Gasteiger partial charge in [0, 0.05) is 17.9 Å². The van der Waals surface area contributed by atoms with Crippen LogP contribution in [0.25, 0.3) is 0 Å². The van der Waals surface area contributed by atoms with Gasteiger partial charge in [-0.05, 0) is 49.9 Å². The molecule has 2 aromatic rings. The number of aromatic nitrogens is 2. The summed E-state index contributed by atoms with van der Waals surface area (Å²) in [5.74, 6) is 1.36. The van der Waals surface area contributed by atoms with Gasteiger partial charge >= 0.3 is 0 Å². The number of rotatable bonds is 6. The van der Waals surface area contributed by atoms with Gasteiger partial charge in [0.15, 0.2) is 0 Å². The first-order valence-corrected chi connectivity index (χ1v) is 8.74. The molecule has 0 bridgehead atoms. The van der Waals surface area contributed by atoms with Gasteiger partial charge < -0.3 is 9.67 Å². The molecule has 0 atom stereocenters. The van der Waals surface area contributed by atoms with Gasteiger partial charge in [-0.3, -0.25) is 0 Å². The van der Waals surface area contributed by atoms with E-state index in [1.165, 1.54) is 21.0 Å². The molecule has 0 spiro atoms. The number of aliphatic hydroxyl groups is 1. The summed E-state index contributed by atoms with van der Waals surface area (Å²) < 4.78 is 2.24. The molecule has 0 unspecified atom stereocenters. The summed E-state index contributed by atoms with van der Waals surface area (Å²) in [4.78, 5) is 6.05. The van der Waals surface area contributed by atoms with Crippen LogP contribution in [-0.2, 0) is 13.0 Å². The van der Waals surface area contributed by atoms with Crippen molar-refractivity contribution in [2.24, 2.45) is 0 Å². The molecule has 22 heavy (non-hydrogen) atoms. The smallest absolute Gasteiger partial charge is 0.112 e. The van der Waals surface area contributed by atoms with Gasteiger partial charge in [0.25, 0.3) is 0 Å². The van der Waals surface area contributed by atoms with E-state index in [0.717, 1.165) is 18.1 Å². The highest BCUT2D eigenvalue weighted by Crippen LogP contribution is 2.35. The van der Waals surface area contributed by atoms with Gasteiger partial charge in [-0.15, -0.1) is 0 Å². The number of hydrogen-bond donors (Lipinski definition) is 1. The Hall–Kier alpha value is -1.26. The van der Waals surface area contributed by atoms with Crippen LogP contribution in [0.3, 0.4) is 0 Å². The summed E-state index contributed by atoms with van der Waals surface area (Å²) >= 11 is 1.79. The van der Waals surface area contributed by atoms with Gasteiger partial charge in [-0.1, -0.05) is 31.7 Å². The number of benzene rings is 1. The van der Waals surface area contributed by atoms with Crippen LogP contribution in [0.15, 0.2) is 28.1 Å². The fourth-order valence-electron chi connectivity index (χ4n) is 2.71. The Kier molecular flexibility index (Phi) is 5.70. The maximum Gasteiger partial charge on any atom is 0.112 e. The van der Waals surface area contributed by atoms with Crippen molar-refractivity contribution in [3.63, 3.8) is 0 Å². The van der Waals surface area contributed by atoms with Crippen molar-refractivity contribution >= 4 is 11.8 Å². The minimum Gasteiger partial charge on any atom is -0.396 e. The maximum atomic E-state index is 9.28. The Morgan fingerprint density at radius 1 is 1.18 bits per heavy atom. The average molecular weight is 318 g/mol. The molecule has 1 N–H and O–H groups in total. The lowest BCUT2D eigenvalue weighted by molar-refractivity contribution is 0.294. The third-order valence-electron chi connectivity index (χ3n) is 3.63. The summed E-state index contributed by atoms with van der Waals surface area (Å²) in [5.41, 5.74) is 3.70. The van der Waals surface area contributed by atoms with E-state index in [1.807, 2.05) is 0 Å². The van der Waals surface area contributed by atoms with Crippen molar-refractivity contribution in [3.8, 4) is 0 Å². The lowest BCUT2D eigenvalue weighted by Crippen LogP contribution is -2.05. The van der Waals surface area contributed by atoms with Crippen LogP contribution in [-0.4, -0.2) is 21.3 Å². The first-order valence-electron chi connectivity index (χ1n) is 7.92. The van der Waals surface area contributed by atoms with Crippen LogP contribution in [0.4, 0.5) is 0 Å². The molecule has 0 fully saturated rings. The number of aryl methyl sites for hydroxylation is 2. The zero-order chi connectivity index (χ0) is 16.3. The molecule has 2 rings (SSSR count). The summed E-state index contributed by atoms with van der Waals surface area (Å²) in [6.07, 6.45) is 0.612. The van der Waals surface area contributed by atoms with Crippen LogP contribution in [0.2, 0.25) is 0 Å². The lowest BCUT2D eigenvalue weighted by Gasteiger charge is -2.12. The normalized spacial score (nSPS) is 11.4. The van der Waals surface area contributed by atoms with E-state index in [4.69, 9.17) is 4.98 Å². The predicted octanol–water partition coefficient (Wildman–Crippen LogP) is 4.33. The van der Waals surface area contributed by atoms with Gasteiger partial charge in [0.1, 0.15) is 10.9 Å². The standard InChI is InChI=1S/C18H26N2OS/c1-6-20-16(7-8-21)19-17(12(2)3)18(20)22-15-10-13(4)9-14(5)11-15/h9-12,21H,6-8H2,1-5H3. The highest BCUT2D eigenvalue weighted by atomic mass is 32.2. The summed E-state index contributed by atoms with van der Waals surface area (Å²) in [6.45, 7) is 11.8. The average Bonchev–Trinajstić information content (AvgIpc) is 2.76. The van der Waals surface area contributed by atoms with E-state index in [1.54, 1.807) is 11.8 Å². The monoisotopic (exact) mass is 318 g/mol. The summed E-state index contributed by atoms with van der Waals surface area (Å²) in [7, 11) is 0. The van der Waals surface area contributed by atoms with E-state index >= 15 is 0 Å². The molecule has 1 heterocycles. The van der Waals surface area contributed by atoms with E-state index in [0.29, 0.717) is 12.3 Å². The minimum absolute atomic E-state index is 0.141. The lowest BCUT2D eigenvalue weighted by atomic mass is 10.1. The van der Waals surface area contributed by atoms with Gasteiger partial charge in [-0.2, -0.15) is 0 Å². The summed E-state index contributed by atoms with van der Waals surface area (Å²) in [6, 6.07) is 6.64. The maximum absolute atomic E-state index is 9.28. The Morgan fingerprint density at radius 3 is 2.32 bits per heavy atom. The van der Waals surface area contributed by atoms with Crippen molar-refractivity contribution in [1.82, 2.24) is 9.55 Å². The molecule has 0 aliphatic rings. The van der Waals surface area contributed by atoms with E-state index in [9.17, 15) is 5.11 Å². The second kappa shape index (κ2) is 7.34. The van der Waals surface area contributed by atoms with Crippen molar-refractivity contribution in [3.05, 3.63) is 40.8 Å². The minimum atomic E-state index is 0.141. The molecule has 1 aromatic carbocycles. The fourth-order valence-corrected chi connectivity index (χ4v) is 4.15. The first kappa shape index (κ1) is 17.1. The van der Waals surface area contributed by atoms with Crippen LogP contribution < -0.4 is 0 Å². The van der Waals surface area contributed by atoms with Gasteiger partial charge in [-0.25, -0.2) is 4.98 Å². The third-order valence-corrected chi connectivity index (χ3v) is 4.73. The van der Waals surface area contributed by atoms with E-state index < -0.39 is 0 Å². The largest absolute Gasteiger partial charge is 0.396 e. The van der Waals surface area contributed by atoms with Crippen LogP contribution in [0, 0.1) is 13.8 Å². The Bertz CT molecular complexity index is 627. The second-order valence-electron chi connectivity index (χ2n) is 6.02. The molecule has 3 nitrogen and oxygen atoms in total. The molecule has 0 radical (unpaired) electrons. The van der Waals surface area contributed by atoms with Crippen molar-refractivity contribution in [1.29, 1.82) is 0 Å². The van der Waals surface area contributed by atoms with Crippen molar-refractivity contribution in [2.45, 2.75) is 63.4 Å². The Labute approximate surface area is 137 Å². The number of nitrogens with zero attached hydrogens (tertiary/aromatic N) is 2. The van der Waals surface area contributed by atoms with Crippen LogP contribution in [0.5, 0.6) is 0 Å². The van der Waals surface area contributed by atoms with Gasteiger partial charge in [0.05, 0.1) is 12.3 Å². The number of imidazole rings is 1. The Morgan fingerprint density at radius 2 is 1.82 bits per heavy atom. The Balaban J connectivity index is 2.47. The zero-order valence-electron chi connectivity index (χ0n) is 14.2. The highest BCUT2D eigenvalue weighted by molar-refractivity contribution is 7.99. The summed E-state index contributed by atoms with van der Waals surface area (Å²) in [5, 5.41) is 10.5. The van der Waals surface area contributed by atoms with Crippen LogP contribution >= 0.6 is 11.8 Å². The fraction of sp³-hybridized carbons (Fsp3) is 0.500. The number of hydrogen-bond acceptors (Lipinski definition) is 3. The van der Waals surface area contributed by atoms with Crippen LogP contribution in [0.1, 0.15) is 49.3 Å². The molecule has 0 aliphatic carbocycles. The molecule has 1 aromatic heterocycles.